The Morgan fingerprint density at radius 1 is 0.971 bits per heavy atom. The second-order valence-corrected chi connectivity index (χ2v) is 9.30. The van der Waals surface area contributed by atoms with E-state index in [0.29, 0.717) is 0 Å². The highest BCUT2D eigenvalue weighted by Gasteiger charge is 2.34. The molecule has 0 aliphatic rings. The number of nitrogens with zero attached hydrogens (tertiary/aromatic N) is 1. The molecule has 0 saturated heterocycles. The second-order valence-electron chi connectivity index (χ2n) is 7.44. The van der Waals surface area contributed by atoms with Crippen LogP contribution in [0.25, 0.3) is 11.1 Å². The van der Waals surface area contributed by atoms with Crippen LogP contribution in [-0.2, 0) is 21.1 Å². The summed E-state index contributed by atoms with van der Waals surface area (Å²) in [5.41, 5.74) is 14.5. The summed E-state index contributed by atoms with van der Waals surface area (Å²) >= 11 is 0. The number of benzene rings is 3. The van der Waals surface area contributed by atoms with Crippen molar-refractivity contribution in [3.63, 3.8) is 0 Å². The number of aliphatic carboxylic acids is 1. The Morgan fingerprint density at radius 2 is 1.54 bits per heavy atom. The Morgan fingerprint density at radius 3 is 2.09 bits per heavy atom. The van der Waals surface area contributed by atoms with Gasteiger partial charge < -0.3 is 22.3 Å². The van der Waals surface area contributed by atoms with Gasteiger partial charge in [-0.15, -0.1) is 0 Å². The first-order chi connectivity index (χ1) is 16.4. The first-order valence-corrected chi connectivity index (χ1v) is 11.4. The summed E-state index contributed by atoms with van der Waals surface area (Å²) in [6.45, 7) is 1.14. The smallest absolute Gasteiger partial charge is 0.350 e. The number of amides is 2. The highest BCUT2D eigenvalue weighted by atomic mass is 32.2. The Labute approximate surface area is 198 Å². The number of hydrogen-bond donors (Lipinski definition) is 4. The van der Waals surface area contributed by atoms with Gasteiger partial charge in [0.25, 0.3) is 0 Å². The molecule has 3 rings (SSSR count). The van der Waals surface area contributed by atoms with Crippen molar-refractivity contribution in [2.75, 3.05) is 11.5 Å². The molecule has 0 heterocycles. The number of nitrogen functional groups attached to an aromatic ring is 2. The molecule has 0 spiro atoms. The molecule has 0 aliphatic heterocycles. The van der Waals surface area contributed by atoms with Crippen LogP contribution in [0, 0.1) is 18.6 Å². The number of carbonyl (C=O) groups is 2. The molecular weight excluding hydrogens is 482 g/mol. The highest BCUT2D eigenvalue weighted by Crippen LogP contribution is 2.40. The summed E-state index contributed by atoms with van der Waals surface area (Å²) < 4.78 is 58.3. The third-order valence-corrected chi connectivity index (χ3v) is 7.09. The number of urea groups is 1. The zero-order chi connectivity index (χ0) is 26.1. The number of carboxylic acid groups (broad SMARTS) is 1. The molecule has 0 radical (unpaired) electrons. The molecule has 0 saturated carbocycles. The van der Waals surface area contributed by atoms with Gasteiger partial charge in [-0.3, -0.25) is 0 Å². The number of halogens is 2. The fourth-order valence-corrected chi connectivity index (χ4v) is 5.18. The number of aliphatic imine (C=N–C) groups is 1. The van der Waals surface area contributed by atoms with E-state index in [-0.39, 0.29) is 22.5 Å². The summed E-state index contributed by atoms with van der Waals surface area (Å²) in [6, 6.07) is 9.60. The minimum atomic E-state index is -4.81. The number of anilines is 2. The molecular formula is C23H20F2N4O5S. The average Bonchev–Trinajstić information content (AvgIpc) is 2.77. The third-order valence-electron chi connectivity index (χ3n) is 5.25. The molecule has 0 bridgehead atoms. The van der Waals surface area contributed by atoms with Crippen molar-refractivity contribution in [2.45, 2.75) is 23.1 Å². The van der Waals surface area contributed by atoms with Crippen molar-refractivity contribution < 1.29 is 31.9 Å². The molecule has 0 aliphatic carbocycles. The lowest BCUT2D eigenvalue weighted by atomic mass is 9.90. The number of primary amides is 1. The minimum Gasteiger partial charge on any atom is -0.477 e. The molecule has 3 aromatic carbocycles. The predicted molar refractivity (Wildman–Crippen MR) is 126 cm³/mol. The second kappa shape index (κ2) is 9.50. The number of rotatable bonds is 6. The zero-order valence-electron chi connectivity index (χ0n) is 18.2. The van der Waals surface area contributed by atoms with E-state index in [2.05, 4.69) is 4.99 Å². The average molecular weight is 502 g/mol. The van der Waals surface area contributed by atoms with E-state index < -0.39 is 66.5 Å². The lowest BCUT2D eigenvalue weighted by Crippen LogP contribution is -2.22. The van der Waals surface area contributed by atoms with E-state index in [0.717, 1.165) is 13.0 Å². The molecule has 0 atom stereocenters. The molecule has 12 heteroatoms. The van der Waals surface area contributed by atoms with Crippen LogP contribution >= 0.6 is 0 Å². The summed E-state index contributed by atoms with van der Waals surface area (Å²) in [6.07, 6.45) is -0.755. The van der Waals surface area contributed by atoms with Crippen molar-refractivity contribution in [1.82, 2.24) is 0 Å². The van der Waals surface area contributed by atoms with Crippen molar-refractivity contribution >= 4 is 38.9 Å². The molecule has 2 amide bonds. The molecule has 3 aromatic rings. The topological polar surface area (TPSA) is 179 Å². The molecule has 182 valence electrons. The van der Waals surface area contributed by atoms with Gasteiger partial charge in [0.2, 0.25) is 9.84 Å². The summed E-state index contributed by atoms with van der Waals surface area (Å²) in [7, 11) is -4.81. The van der Waals surface area contributed by atoms with Crippen molar-refractivity contribution in [1.29, 1.82) is 0 Å². The van der Waals surface area contributed by atoms with Gasteiger partial charge in [-0.25, -0.2) is 26.8 Å². The van der Waals surface area contributed by atoms with Gasteiger partial charge in [0.05, 0.1) is 10.6 Å². The zero-order valence-corrected chi connectivity index (χ0v) is 19.1. The monoisotopic (exact) mass is 502 g/mol. The van der Waals surface area contributed by atoms with Gasteiger partial charge in [0.15, 0.2) is 5.82 Å². The van der Waals surface area contributed by atoms with Crippen LogP contribution in [0.5, 0.6) is 0 Å². The summed E-state index contributed by atoms with van der Waals surface area (Å²) in [5.74, 6) is -4.62. The van der Waals surface area contributed by atoms with Crippen LogP contribution in [0.1, 0.15) is 11.1 Å². The number of carboxylic acids is 1. The van der Waals surface area contributed by atoms with Crippen molar-refractivity contribution in [3.8, 4) is 11.1 Å². The number of carbonyl (C=O) groups excluding carboxylic acids is 1. The third kappa shape index (κ3) is 4.68. The van der Waals surface area contributed by atoms with Gasteiger partial charge in [-0.2, -0.15) is 4.99 Å². The quantitative estimate of drug-likeness (QED) is 0.295. The van der Waals surface area contributed by atoms with E-state index in [4.69, 9.17) is 17.2 Å². The maximum atomic E-state index is 16.1. The number of para-hydroxylation sites is 2. The van der Waals surface area contributed by atoms with E-state index in [9.17, 15) is 23.1 Å². The number of hydrogen-bond acceptors (Lipinski definition) is 6. The maximum Gasteiger partial charge on any atom is 0.350 e. The Bertz CT molecular complexity index is 1500. The predicted octanol–water partition coefficient (Wildman–Crippen LogP) is 3.08. The number of sulfone groups is 1. The molecule has 0 fully saturated rings. The van der Waals surface area contributed by atoms with E-state index in [1.165, 1.54) is 42.5 Å². The first kappa shape index (κ1) is 25.3. The van der Waals surface area contributed by atoms with Crippen LogP contribution in [0.2, 0.25) is 0 Å². The van der Waals surface area contributed by atoms with Crippen molar-refractivity contribution in [3.05, 3.63) is 71.3 Å². The van der Waals surface area contributed by atoms with Gasteiger partial charge in [0, 0.05) is 23.2 Å². The molecule has 0 unspecified atom stereocenters. The fourth-order valence-electron chi connectivity index (χ4n) is 3.59. The Hall–Kier alpha value is -4.32. The Balaban J connectivity index is 2.46. The normalized spacial score (nSPS) is 11.9. The largest absolute Gasteiger partial charge is 0.477 e. The van der Waals surface area contributed by atoms with Gasteiger partial charge >= 0.3 is 12.0 Å². The van der Waals surface area contributed by atoms with Crippen LogP contribution < -0.4 is 17.2 Å². The van der Waals surface area contributed by atoms with E-state index in [1.54, 1.807) is 0 Å². The first-order valence-electron chi connectivity index (χ1n) is 9.93. The van der Waals surface area contributed by atoms with E-state index >= 15 is 8.78 Å². The van der Waals surface area contributed by atoms with Crippen LogP contribution in [0.15, 0.2) is 63.3 Å². The molecule has 0 aromatic heterocycles. The highest BCUT2D eigenvalue weighted by molar-refractivity contribution is 7.91. The van der Waals surface area contributed by atoms with Gasteiger partial charge in [0.1, 0.15) is 16.4 Å². The van der Waals surface area contributed by atoms with Gasteiger partial charge in [-0.1, -0.05) is 30.3 Å². The molecule has 35 heavy (non-hydrogen) atoms. The standard InChI is InChI=1S/C23H20F2N4O5S/c1-11-13(10-16(22(30)31)29-23(28)32)18(12-6-2-3-7-14(12)26)20(25)21(19(11)24)35(33,34)17-9-5-4-8-15(17)27/h2-9H,10,26-27H2,1H3,(H2,28,32)(H,30,31). The SMILES string of the molecule is Cc1c(F)c(S(=O)(=O)c2ccccc2N)c(F)c(-c2ccccc2N)c1CC(=NC(N)=O)C(=O)O. The lowest BCUT2D eigenvalue weighted by molar-refractivity contribution is -0.129. The van der Waals surface area contributed by atoms with Crippen LogP contribution in [0.3, 0.4) is 0 Å². The fraction of sp³-hybridized carbons (Fsp3) is 0.0870. The summed E-state index contributed by atoms with van der Waals surface area (Å²) in [4.78, 5) is 24.3. The van der Waals surface area contributed by atoms with Crippen molar-refractivity contribution in [2.24, 2.45) is 10.7 Å². The molecule has 9 nitrogen and oxygen atoms in total. The maximum absolute atomic E-state index is 16.1. The summed E-state index contributed by atoms with van der Waals surface area (Å²) in [5, 5.41) is 9.43. The number of nitrogens with two attached hydrogens (primary N) is 3. The van der Waals surface area contributed by atoms with Crippen LogP contribution in [-0.4, -0.2) is 31.2 Å². The van der Waals surface area contributed by atoms with Gasteiger partial charge in [-0.05, 0) is 36.2 Å². The van der Waals surface area contributed by atoms with E-state index in [1.807, 2.05) is 0 Å². The molecule has 7 N–H and O–H groups in total. The lowest BCUT2D eigenvalue weighted by Gasteiger charge is -2.20. The van der Waals surface area contributed by atoms with Crippen LogP contribution in [0.4, 0.5) is 25.0 Å². The minimum absolute atomic E-state index is 0.00458. The Kier molecular flexibility index (Phi) is 6.87.